The molecule has 0 bridgehead atoms. The van der Waals surface area contributed by atoms with Gasteiger partial charge in [-0.15, -0.1) is 11.8 Å². The molecule has 1 rings (SSSR count). The Labute approximate surface area is 169 Å². The van der Waals surface area contributed by atoms with E-state index in [1.807, 2.05) is 0 Å². The van der Waals surface area contributed by atoms with Crippen LogP contribution < -0.4 is 0 Å². The summed E-state index contributed by atoms with van der Waals surface area (Å²) >= 11 is 0. The minimum absolute atomic E-state index is 0.00320. The summed E-state index contributed by atoms with van der Waals surface area (Å²) in [6.45, 7) is 5.20. The Hall–Kier alpha value is -2.59. The molecule has 1 amide bonds. The fraction of sp³-hybridized carbons (Fsp3) is 0.542. The number of hydrogen-bond donors (Lipinski definition) is 0. The highest BCUT2D eigenvalue weighted by molar-refractivity contribution is 6.24. The highest BCUT2D eigenvalue weighted by atomic mass is 16.2. The molecule has 1 aliphatic rings. The van der Waals surface area contributed by atoms with Crippen LogP contribution in [0.15, 0.2) is 22.3 Å². The van der Waals surface area contributed by atoms with Crippen LogP contribution >= 0.6 is 0 Å². The zero-order valence-electron chi connectivity index (χ0n) is 17.8. The average molecular weight is 382 g/mol. The second-order valence-corrected chi connectivity index (χ2v) is 7.24. The van der Waals surface area contributed by atoms with Gasteiger partial charge < -0.3 is 4.90 Å². The summed E-state index contributed by atoms with van der Waals surface area (Å²) in [4.78, 5) is 37.5. The molecule has 0 aromatic rings. The van der Waals surface area contributed by atoms with Gasteiger partial charge in [-0.05, 0) is 46.5 Å². The molecule has 1 aliphatic carbocycles. The van der Waals surface area contributed by atoms with E-state index < -0.39 is 0 Å². The van der Waals surface area contributed by atoms with Crippen LogP contribution in [0.1, 0.15) is 72.1 Å². The molecule has 0 aromatic heterocycles. The molecule has 0 saturated carbocycles. The molecule has 0 atom stereocenters. The van der Waals surface area contributed by atoms with Crippen molar-refractivity contribution in [2.75, 3.05) is 14.1 Å². The number of carbonyl (C=O) groups is 3. The lowest BCUT2D eigenvalue weighted by Crippen LogP contribution is -2.20. The van der Waals surface area contributed by atoms with E-state index in [9.17, 15) is 14.4 Å². The normalized spacial score (nSPS) is 13.8. The smallest absolute Gasteiger partial charge is 0.222 e. The van der Waals surface area contributed by atoms with Crippen molar-refractivity contribution in [2.45, 2.75) is 72.1 Å². The summed E-state index contributed by atoms with van der Waals surface area (Å²) in [6.07, 6.45) is 5.72. The summed E-state index contributed by atoms with van der Waals surface area (Å²) in [6, 6.07) is 0. The van der Waals surface area contributed by atoms with Gasteiger partial charge in [0.25, 0.3) is 0 Å². The van der Waals surface area contributed by atoms with E-state index in [1.165, 1.54) is 0 Å². The van der Waals surface area contributed by atoms with Crippen LogP contribution in [0.5, 0.6) is 0 Å². The Kier molecular flexibility index (Phi) is 10.0. The van der Waals surface area contributed by atoms with Gasteiger partial charge in [0.05, 0.1) is 6.42 Å². The topological polar surface area (TPSA) is 54.5 Å². The van der Waals surface area contributed by atoms with E-state index >= 15 is 0 Å². The maximum Gasteiger partial charge on any atom is 0.222 e. The molecular weight excluding hydrogens is 350 g/mol. The molecule has 0 N–H and O–H groups in total. The monoisotopic (exact) mass is 381 g/mol. The molecule has 0 spiro atoms. The van der Waals surface area contributed by atoms with E-state index in [2.05, 4.69) is 23.7 Å². The maximum absolute atomic E-state index is 12.3. The predicted octanol–water partition coefficient (Wildman–Crippen LogP) is 4.01. The van der Waals surface area contributed by atoms with Gasteiger partial charge in [0.1, 0.15) is 0 Å². The van der Waals surface area contributed by atoms with Gasteiger partial charge >= 0.3 is 0 Å². The van der Waals surface area contributed by atoms with Crippen molar-refractivity contribution in [1.29, 1.82) is 0 Å². The molecule has 28 heavy (non-hydrogen) atoms. The first-order valence-corrected chi connectivity index (χ1v) is 9.85. The van der Waals surface area contributed by atoms with Gasteiger partial charge in [-0.25, -0.2) is 0 Å². The van der Waals surface area contributed by atoms with Crippen molar-refractivity contribution >= 4 is 17.5 Å². The molecule has 0 fully saturated rings. The lowest BCUT2D eigenvalue weighted by atomic mass is 9.84. The Balaban J connectivity index is 2.24. The first-order chi connectivity index (χ1) is 13.3. The second-order valence-electron chi connectivity index (χ2n) is 7.24. The number of nitrogens with zero attached hydrogens (tertiary/aromatic N) is 1. The first-order valence-electron chi connectivity index (χ1n) is 9.85. The summed E-state index contributed by atoms with van der Waals surface area (Å²) in [5.74, 6) is 12.3. The van der Waals surface area contributed by atoms with Gasteiger partial charge in [-0.1, -0.05) is 11.8 Å². The molecule has 0 heterocycles. The van der Waals surface area contributed by atoms with Crippen molar-refractivity contribution in [1.82, 2.24) is 4.90 Å². The lowest BCUT2D eigenvalue weighted by molar-refractivity contribution is -0.128. The molecular formula is C24H31NO3. The Bertz CT molecular complexity index is 804. The summed E-state index contributed by atoms with van der Waals surface area (Å²) < 4.78 is 0. The molecule has 0 radical (unpaired) electrons. The standard InChI is InChI=1S/C24H31NO3/c1-18-19(2)24(28)21(20(3)23(18)27)16-14-12-10-8-6-7-9-11-13-15-17-22(26)25(4)5/h7,10,12-17H2,1-5H3. The van der Waals surface area contributed by atoms with E-state index in [0.29, 0.717) is 41.6 Å². The first kappa shape index (κ1) is 23.4. The molecule has 150 valence electrons. The van der Waals surface area contributed by atoms with Gasteiger partial charge in [-0.3, -0.25) is 14.4 Å². The SMILES string of the molecule is CC1=C(C)C(=O)C(CCCCC#CCC#CCCCC(=O)N(C)C)=C(C)C1=O. The molecule has 0 unspecified atom stereocenters. The van der Waals surface area contributed by atoms with Gasteiger partial charge in [0, 0.05) is 55.7 Å². The van der Waals surface area contributed by atoms with Gasteiger partial charge in [0.15, 0.2) is 11.6 Å². The quantitative estimate of drug-likeness (QED) is 0.380. The minimum atomic E-state index is -0.00320. The van der Waals surface area contributed by atoms with Crippen molar-refractivity contribution < 1.29 is 14.4 Å². The van der Waals surface area contributed by atoms with E-state index in [-0.39, 0.29) is 17.5 Å². The van der Waals surface area contributed by atoms with Gasteiger partial charge in [-0.2, -0.15) is 0 Å². The van der Waals surface area contributed by atoms with Crippen molar-refractivity contribution in [3.05, 3.63) is 22.3 Å². The lowest BCUT2D eigenvalue weighted by Gasteiger charge is -2.18. The van der Waals surface area contributed by atoms with Crippen LogP contribution in [0.2, 0.25) is 0 Å². The second kappa shape index (κ2) is 12.0. The summed E-state index contributed by atoms with van der Waals surface area (Å²) in [5.41, 5.74) is 2.42. The Morgan fingerprint density at radius 1 is 0.786 bits per heavy atom. The number of carbonyl (C=O) groups excluding carboxylic acids is 3. The third kappa shape index (κ3) is 7.20. The fourth-order valence-electron chi connectivity index (χ4n) is 2.87. The van der Waals surface area contributed by atoms with Crippen molar-refractivity contribution in [3.63, 3.8) is 0 Å². The Morgan fingerprint density at radius 2 is 1.36 bits per heavy atom. The average Bonchev–Trinajstić information content (AvgIpc) is 2.67. The van der Waals surface area contributed by atoms with E-state index in [0.717, 1.165) is 32.1 Å². The van der Waals surface area contributed by atoms with Crippen LogP contribution in [0.4, 0.5) is 0 Å². The molecule has 0 aliphatic heterocycles. The zero-order chi connectivity index (χ0) is 21.1. The zero-order valence-corrected chi connectivity index (χ0v) is 17.8. The number of Topliss-reactive ketones (excluding diaryl/α,β-unsaturated/α-hetero) is 2. The third-order valence-electron chi connectivity index (χ3n) is 4.91. The largest absolute Gasteiger partial charge is 0.349 e. The van der Waals surface area contributed by atoms with E-state index in [4.69, 9.17) is 0 Å². The minimum Gasteiger partial charge on any atom is -0.349 e. The van der Waals surface area contributed by atoms with Crippen LogP contribution in [-0.4, -0.2) is 36.5 Å². The summed E-state index contributed by atoms with van der Waals surface area (Å²) in [7, 11) is 3.51. The number of rotatable bonds is 7. The summed E-state index contributed by atoms with van der Waals surface area (Å²) in [5, 5.41) is 0. The third-order valence-corrected chi connectivity index (χ3v) is 4.91. The number of amides is 1. The predicted molar refractivity (Wildman–Crippen MR) is 112 cm³/mol. The van der Waals surface area contributed by atoms with E-state index in [1.54, 1.807) is 39.8 Å². The van der Waals surface area contributed by atoms with Gasteiger partial charge in [0.2, 0.25) is 5.91 Å². The molecule has 4 heteroatoms. The van der Waals surface area contributed by atoms with Crippen LogP contribution in [-0.2, 0) is 14.4 Å². The number of ketones is 2. The van der Waals surface area contributed by atoms with Crippen LogP contribution in [0.25, 0.3) is 0 Å². The van der Waals surface area contributed by atoms with Crippen molar-refractivity contribution in [2.24, 2.45) is 0 Å². The molecule has 0 saturated heterocycles. The molecule has 4 nitrogen and oxygen atoms in total. The number of hydrogen-bond acceptors (Lipinski definition) is 3. The Morgan fingerprint density at radius 3 is 1.96 bits per heavy atom. The number of allylic oxidation sites excluding steroid dienone is 4. The highest BCUT2D eigenvalue weighted by Gasteiger charge is 2.26. The van der Waals surface area contributed by atoms with Crippen LogP contribution in [0, 0.1) is 23.7 Å². The van der Waals surface area contributed by atoms with Crippen LogP contribution in [0.3, 0.4) is 0 Å². The number of unbranched alkanes of at least 4 members (excludes halogenated alkanes) is 3. The highest BCUT2D eigenvalue weighted by Crippen LogP contribution is 2.27. The fourth-order valence-corrected chi connectivity index (χ4v) is 2.87. The van der Waals surface area contributed by atoms with Crippen molar-refractivity contribution in [3.8, 4) is 23.7 Å². The maximum atomic E-state index is 12.3. The molecule has 0 aromatic carbocycles.